The summed E-state index contributed by atoms with van der Waals surface area (Å²) in [5.41, 5.74) is 0. The minimum Gasteiger partial charge on any atom is -0.396 e. The van der Waals surface area contributed by atoms with Gasteiger partial charge in [0.2, 0.25) is 0 Å². The second kappa shape index (κ2) is 5.99. The topological polar surface area (TPSA) is 23.5 Å². The van der Waals surface area contributed by atoms with E-state index in [1.807, 2.05) is 11.8 Å². The van der Waals surface area contributed by atoms with Gasteiger partial charge in [0, 0.05) is 19.2 Å². The standard InChI is InChI=1S/C11H23NOS/c1-9(2)12-5-4-10(6-12)11(7-13)8-14-3/h9-11,13H,4-8H2,1-3H3. The highest BCUT2D eigenvalue weighted by molar-refractivity contribution is 7.98. The van der Waals surface area contributed by atoms with Crippen molar-refractivity contribution in [2.24, 2.45) is 11.8 Å². The number of hydrogen-bond acceptors (Lipinski definition) is 3. The Labute approximate surface area is 92.1 Å². The van der Waals surface area contributed by atoms with Crippen molar-refractivity contribution in [2.75, 3.05) is 31.7 Å². The van der Waals surface area contributed by atoms with E-state index in [0.717, 1.165) is 11.7 Å². The Hall–Kier alpha value is 0.270. The second-order valence-corrected chi connectivity index (χ2v) is 5.45. The molecule has 0 aliphatic carbocycles. The molecule has 1 rings (SSSR count). The smallest absolute Gasteiger partial charge is 0.0470 e. The van der Waals surface area contributed by atoms with E-state index in [4.69, 9.17) is 0 Å². The molecule has 0 aromatic carbocycles. The molecule has 1 fully saturated rings. The van der Waals surface area contributed by atoms with Crippen LogP contribution >= 0.6 is 11.8 Å². The van der Waals surface area contributed by atoms with Gasteiger partial charge in [-0.2, -0.15) is 11.8 Å². The number of aliphatic hydroxyl groups excluding tert-OH is 1. The first kappa shape index (κ1) is 12.3. The highest BCUT2D eigenvalue weighted by atomic mass is 32.2. The van der Waals surface area contributed by atoms with Crippen LogP contribution in [0.3, 0.4) is 0 Å². The van der Waals surface area contributed by atoms with Crippen LogP contribution in [0.1, 0.15) is 20.3 Å². The lowest BCUT2D eigenvalue weighted by atomic mass is 9.94. The Balaban J connectivity index is 2.39. The molecular formula is C11H23NOS. The fourth-order valence-corrected chi connectivity index (χ4v) is 3.03. The molecule has 84 valence electrons. The van der Waals surface area contributed by atoms with Gasteiger partial charge in [0.05, 0.1) is 0 Å². The zero-order valence-electron chi connectivity index (χ0n) is 9.57. The Kier molecular flexibility index (Phi) is 5.28. The van der Waals surface area contributed by atoms with Crippen molar-refractivity contribution in [3.63, 3.8) is 0 Å². The summed E-state index contributed by atoms with van der Waals surface area (Å²) in [4.78, 5) is 2.52. The number of likely N-dealkylation sites (tertiary alicyclic amines) is 1. The third-order valence-electron chi connectivity index (χ3n) is 3.27. The summed E-state index contributed by atoms with van der Waals surface area (Å²) >= 11 is 1.85. The SMILES string of the molecule is CSCC(CO)C1CCN(C(C)C)C1. The van der Waals surface area contributed by atoms with Gasteiger partial charge in [0.1, 0.15) is 0 Å². The average Bonchev–Trinajstić information content (AvgIpc) is 2.63. The lowest BCUT2D eigenvalue weighted by Gasteiger charge is -2.23. The summed E-state index contributed by atoms with van der Waals surface area (Å²) in [5.74, 6) is 2.33. The number of hydrogen-bond donors (Lipinski definition) is 1. The molecule has 3 heteroatoms. The van der Waals surface area contributed by atoms with Gasteiger partial charge in [-0.15, -0.1) is 0 Å². The van der Waals surface area contributed by atoms with E-state index in [9.17, 15) is 5.11 Å². The Morgan fingerprint density at radius 2 is 2.21 bits per heavy atom. The van der Waals surface area contributed by atoms with Gasteiger partial charge in [-0.1, -0.05) is 0 Å². The van der Waals surface area contributed by atoms with Gasteiger partial charge in [-0.3, -0.25) is 0 Å². The summed E-state index contributed by atoms with van der Waals surface area (Å²) in [6, 6.07) is 0.661. The van der Waals surface area contributed by atoms with Crippen LogP contribution in [-0.4, -0.2) is 47.8 Å². The van der Waals surface area contributed by atoms with Crippen molar-refractivity contribution >= 4 is 11.8 Å². The monoisotopic (exact) mass is 217 g/mol. The molecule has 14 heavy (non-hydrogen) atoms. The number of aliphatic hydroxyl groups is 1. The number of thioether (sulfide) groups is 1. The third-order valence-corrected chi connectivity index (χ3v) is 4.03. The highest BCUT2D eigenvalue weighted by Crippen LogP contribution is 2.27. The van der Waals surface area contributed by atoms with Crippen LogP contribution in [0.4, 0.5) is 0 Å². The minimum absolute atomic E-state index is 0.359. The van der Waals surface area contributed by atoms with Crippen LogP contribution in [0, 0.1) is 11.8 Å². The van der Waals surface area contributed by atoms with E-state index in [1.165, 1.54) is 19.5 Å². The molecule has 2 nitrogen and oxygen atoms in total. The fourth-order valence-electron chi connectivity index (χ4n) is 2.22. The average molecular weight is 217 g/mol. The van der Waals surface area contributed by atoms with Gasteiger partial charge >= 0.3 is 0 Å². The summed E-state index contributed by atoms with van der Waals surface area (Å²) in [5, 5.41) is 9.31. The van der Waals surface area contributed by atoms with E-state index in [1.54, 1.807) is 0 Å². The summed E-state index contributed by atoms with van der Waals surface area (Å²) in [6.45, 7) is 7.27. The Bertz CT molecular complexity index is 163. The van der Waals surface area contributed by atoms with Crippen LogP contribution < -0.4 is 0 Å². The van der Waals surface area contributed by atoms with Crippen molar-refractivity contribution in [3.05, 3.63) is 0 Å². The maximum Gasteiger partial charge on any atom is 0.0470 e. The van der Waals surface area contributed by atoms with Gasteiger partial charge in [-0.25, -0.2) is 0 Å². The third kappa shape index (κ3) is 3.14. The first-order valence-corrected chi connectivity index (χ1v) is 6.92. The highest BCUT2D eigenvalue weighted by Gasteiger charge is 2.29. The summed E-state index contributed by atoms with van der Waals surface area (Å²) < 4.78 is 0. The molecule has 2 unspecified atom stereocenters. The van der Waals surface area contributed by atoms with Crippen molar-refractivity contribution in [2.45, 2.75) is 26.3 Å². The summed E-state index contributed by atoms with van der Waals surface area (Å²) in [6.07, 6.45) is 3.39. The molecule has 0 radical (unpaired) electrons. The molecule has 1 aliphatic rings. The largest absolute Gasteiger partial charge is 0.396 e. The molecule has 0 aromatic heterocycles. The maximum atomic E-state index is 9.31. The Morgan fingerprint density at radius 3 is 2.64 bits per heavy atom. The molecule has 2 atom stereocenters. The van der Waals surface area contributed by atoms with Crippen molar-refractivity contribution < 1.29 is 5.11 Å². The van der Waals surface area contributed by atoms with Gasteiger partial charge < -0.3 is 10.0 Å². The normalized spacial score (nSPS) is 25.9. The molecule has 1 N–H and O–H groups in total. The predicted molar refractivity (Wildman–Crippen MR) is 63.8 cm³/mol. The van der Waals surface area contributed by atoms with Crippen molar-refractivity contribution in [3.8, 4) is 0 Å². The van der Waals surface area contributed by atoms with E-state index in [2.05, 4.69) is 25.0 Å². The van der Waals surface area contributed by atoms with Gasteiger partial charge in [-0.05, 0) is 50.7 Å². The van der Waals surface area contributed by atoms with E-state index >= 15 is 0 Å². The van der Waals surface area contributed by atoms with Gasteiger partial charge in [0.15, 0.2) is 0 Å². The molecule has 1 saturated heterocycles. The first-order valence-electron chi connectivity index (χ1n) is 5.52. The minimum atomic E-state index is 0.359. The lowest BCUT2D eigenvalue weighted by molar-refractivity contribution is 0.183. The predicted octanol–water partition coefficient (Wildman–Crippen LogP) is 1.69. The van der Waals surface area contributed by atoms with E-state index < -0.39 is 0 Å². The molecule has 0 amide bonds. The summed E-state index contributed by atoms with van der Waals surface area (Å²) in [7, 11) is 0. The quantitative estimate of drug-likeness (QED) is 0.758. The van der Waals surface area contributed by atoms with E-state index in [-0.39, 0.29) is 0 Å². The van der Waals surface area contributed by atoms with E-state index in [0.29, 0.717) is 18.6 Å². The van der Waals surface area contributed by atoms with Crippen molar-refractivity contribution in [1.82, 2.24) is 4.90 Å². The maximum absolute atomic E-state index is 9.31. The first-order chi connectivity index (χ1) is 6.69. The molecule has 0 aromatic rings. The van der Waals surface area contributed by atoms with Crippen LogP contribution in [0.2, 0.25) is 0 Å². The van der Waals surface area contributed by atoms with Gasteiger partial charge in [0.25, 0.3) is 0 Å². The number of rotatable bonds is 5. The van der Waals surface area contributed by atoms with Crippen LogP contribution in [0.5, 0.6) is 0 Å². The molecular weight excluding hydrogens is 194 g/mol. The molecule has 1 heterocycles. The van der Waals surface area contributed by atoms with Crippen molar-refractivity contribution in [1.29, 1.82) is 0 Å². The lowest BCUT2D eigenvalue weighted by Crippen LogP contribution is -2.30. The second-order valence-electron chi connectivity index (χ2n) is 4.54. The molecule has 0 saturated carbocycles. The molecule has 0 bridgehead atoms. The molecule has 0 spiro atoms. The zero-order chi connectivity index (χ0) is 10.6. The zero-order valence-corrected chi connectivity index (χ0v) is 10.4. The van der Waals surface area contributed by atoms with Crippen LogP contribution in [0.25, 0.3) is 0 Å². The molecule has 1 aliphatic heterocycles. The van der Waals surface area contributed by atoms with Crippen LogP contribution in [0.15, 0.2) is 0 Å². The fraction of sp³-hybridized carbons (Fsp3) is 1.00. The Morgan fingerprint density at radius 1 is 1.50 bits per heavy atom. The van der Waals surface area contributed by atoms with Crippen LogP contribution in [-0.2, 0) is 0 Å². The number of nitrogens with zero attached hydrogens (tertiary/aromatic N) is 1.